The molecule has 1 saturated heterocycles. The SMILES string of the molecule is CN(C)Cc1ccc(-c2nc3c(N4CCN(Cc5ccc(C(F)(F)F)nc5)CC4)c(Br)cnc3[nH]2)cc1. The molecule has 0 unspecified atom stereocenters. The van der Waals surface area contributed by atoms with Gasteiger partial charge in [-0.2, -0.15) is 13.2 Å². The first-order valence-electron chi connectivity index (χ1n) is 11.9. The van der Waals surface area contributed by atoms with E-state index in [9.17, 15) is 13.2 Å². The van der Waals surface area contributed by atoms with Crippen LogP contribution in [0.2, 0.25) is 0 Å². The van der Waals surface area contributed by atoms with Gasteiger partial charge in [0.25, 0.3) is 0 Å². The van der Waals surface area contributed by atoms with Crippen LogP contribution in [-0.2, 0) is 19.3 Å². The van der Waals surface area contributed by atoms with Crippen molar-refractivity contribution in [3.8, 4) is 11.4 Å². The van der Waals surface area contributed by atoms with E-state index in [4.69, 9.17) is 4.98 Å². The first kappa shape index (κ1) is 25.6. The number of anilines is 1. The van der Waals surface area contributed by atoms with E-state index in [0.717, 1.165) is 77.1 Å². The van der Waals surface area contributed by atoms with Crippen molar-refractivity contribution in [3.05, 3.63) is 70.1 Å². The van der Waals surface area contributed by atoms with Crippen molar-refractivity contribution >= 4 is 32.8 Å². The molecule has 11 heteroatoms. The third-order valence-corrected chi connectivity index (χ3v) is 6.96. The molecule has 7 nitrogen and oxygen atoms in total. The second-order valence-electron chi connectivity index (χ2n) is 9.48. The van der Waals surface area contributed by atoms with Gasteiger partial charge in [-0.3, -0.25) is 9.88 Å². The molecule has 0 aliphatic carbocycles. The molecule has 4 aromatic rings. The number of nitrogens with one attached hydrogen (secondary N) is 1. The quantitative estimate of drug-likeness (QED) is 0.343. The van der Waals surface area contributed by atoms with E-state index >= 15 is 0 Å². The van der Waals surface area contributed by atoms with Crippen LogP contribution in [0.1, 0.15) is 16.8 Å². The van der Waals surface area contributed by atoms with Gasteiger partial charge in [0.15, 0.2) is 5.65 Å². The molecule has 0 bridgehead atoms. The van der Waals surface area contributed by atoms with E-state index in [2.05, 4.69) is 69.8 Å². The van der Waals surface area contributed by atoms with Gasteiger partial charge in [0.2, 0.25) is 0 Å². The Hall–Kier alpha value is -3.02. The Labute approximate surface area is 221 Å². The minimum Gasteiger partial charge on any atom is -0.366 e. The van der Waals surface area contributed by atoms with E-state index in [1.807, 2.05) is 14.1 Å². The standard InChI is InChI=1S/C26H27BrF3N7/c1-35(2)15-17-3-6-19(7-4-17)24-33-22-23(20(27)14-32-25(22)34-24)37-11-9-36(10-12-37)16-18-5-8-21(31-13-18)26(28,29)30/h3-8,13-14H,9-12,15-16H2,1-2H3,(H,32,33,34). The monoisotopic (exact) mass is 573 g/mol. The molecular formula is C26H27BrF3N7. The van der Waals surface area contributed by atoms with Crippen LogP contribution in [0.25, 0.3) is 22.6 Å². The van der Waals surface area contributed by atoms with E-state index in [1.54, 1.807) is 6.20 Å². The predicted octanol–water partition coefficient (Wildman–Crippen LogP) is 5.19. The molecule has 1 fully saturated rings. The number of H-pyrrole nitrogens is 1. The van der Waals surface area contributed by atoms with E-state index < -0.39 is 11.9 Å². The molecule has 0 amide bonds. The molecule has 1 aliphatic rings. The maximum Gasteiger partial charge on any atom is 0.433 e. The summed E-state index contributed by atoms with van der Waals surface area (Å²) in [5.41, 5.74) is 4.66. The van der Waals surface area contributed by atoms with Crippen LogP contribution >= 0.6 is 15.9 Å². The van der Waals surface area contributed by atoms with Gasteiger partial charge in [-0.25, -0.2) is 9.97 Å². The number of pyridine rings is 2. The molecule has 0 atom stereocenters. The smallest absolute Gasteiger partial charge is 0.366 e. The fourth-order valence-electron chi connectivity index (χ4n) is 4.56. The van der Waals surface area contributed by atoms with Crippen molar-refractivity contribution in [2.45, 2.75) is 19.3 Å². The second-order valence-corrected chi connectivity index (χ2v) is 10.3. The van der Waals surface area contributed by atoms with Gasteiger partial charge in [0, 0.05) is 57.2 Å². The summed E-state index contributed by atoms with van der Waals surface area (Å²) >= 11 is 3.67. The van der Waals surface area contributed by atoms with Crippen LogP contribution in [0.5, 0.6) is 0 Å². The van der Waals surface area contributed by atoms with Crippen LogP contribution in [0.3, 0.4) is 0 Å². The minimum absolute atomic E-state index is 0.558. The van der Waals surface area contributed by atoms with Crippen molar-refractivity contribution < 1.29 is 13.2 Å². The lowest BCUT2D eigenvalue weighted by molar-refractivity contribution is -0.141. The first-order chi connectivity index (χ1) is 17.7. The molecule has 4 heterocycles. The number of halogens is 4. The zero-order valence-corrected chi connectivity index (χ0v) is 22.1. The Morgan fingerprint density at radius 2 is 1.65 bits per heavy atom. The summed E-state index contributed by atoms with van der Waals surface area (Å²) in [5.74, 6) is 0.770. The Kier molecular flexibility index (Phi) is 7.19. The van der Waals surface area contributed by atoms with Crippen molar-refractivity contribution in [1.82, 2.24) is 29.7 Å². The summed E-state index contributed by atoms with van der Waals surface area (Å²) in [6.45, 7) is 4.48. The Morgan fingerprint density at radius 1 is 0.946 bits per heavy atom. The number of fused-ring (bicyclic) bond motifs is 1. The lowest BCUT2D eigenvalue weighted by atomic mass is 10.1. The molecular weight excluding hydrogens is 547 g/mol. The van der Waals surface area contributed by atoms with Crippen LogP contribution in [-0.4, -0.2) is 70.0 Å². The highest BCUT2D eigenvalue weighted by molar-refractivity contribution is 9.10. The molecule has 37 heavy (non-hydrogen) atoms. The lowest BCUT2D eigenvalue weighted by Crippen LogP contribution is -2.46. The molecule has 1 aromatic carbocycles. The molecule has 0 spiro atoms. The highest BCUT2D eigenvalue weighted by atomic mass is 79.9. The summed E-state index contributed by atoms with van der Waals surface area (Å²) in [5, 5.41) is 0. The van der Waals surface area contributed by atoms with Crippen molar-refractivity contribution in [1.29, 1.82) is 0 Å². The maximum absolute atomic E-state index is 12.8. The Bertz CT molecular complexity index is 1360. The van der Waals surface area contributed by atoms with Gasteiger partial charge in [-0.15, -0.1) is 0 Å². The summed E-state index contributed by atoms with van der Waals surface area (Å²) < 4.78 is 39.2. The van der Waals surface area contributed by atoms with Crippen molar-refractivity contribution in [2.75, 3.05) is 45.2 Å². The number of rotatable bonds is 6. The summed E-state index contributed by atoms with van der Waals surface area (Å²) in [7, 11) is 4.09. The zero-order chi connectivity index (χ0) is 26.2. The molecule has 1 aliphatic heterocycles. The summed E-state index contributed by atoms with van der Waals surface area (Å²) in [6.07, 6.45) is -1.31. The largest absolute Gasteiger partial charge is 0.433 e. The van der Waals surface area contributed by atoms with Gasteiger partial charge in [0.05, 0.1) is 10.2 Å². The molecule has 1 N–H and O–H groups in total. The average Bonchev–Trinajstić information content (AvgIpc) is 3.29. The van der Waals surface area contributed by atoms with Crippen molar-refractivity contribution in [2.24, 2.45) is 0 Å². The number of alkyl halides is 3. The van der Waals surface area contributed by atoms with Gasteiger partial charge >= 0.3 is 6.18 Å². The second kappa shape index (κ2) is 10.4. The number of hydrogen-bond acceptors (Lipinski definition) is 6. The normalized spacial score (nSPS) is 15.2. The van der Waals surface area contributed by atoms with Crippen LogP contribution in [0.4, 0.5) is 18.9 Å². The minimum atomic E-state index is -4.42. The molecule has 0 saturated carbocycles. The zero-order valence-electron chi connectivity index (χ0n) is 20.6. The van der Waals surface area contributed by atoms with Gasteiger partial charge in [-0.1, -0.05) is 30.3 Å². The van der Waals surface area contributed by atoms with E-state index in [1.165, 1.54) is 17.8 Å². The Morgan fingerprint density at radius 3 is 2.27 bits per heavy atom. The summed E-state index contributed by atoms with van der Waals surface area (Å²) in [6, 6.07) is 10.9. The van der Waals surface area contributed by atoms with E-state index in [0.29, 0.717) is 6.54 Å². The average molecular weight is 574 g/mol. The number of piperazine rings is 1. The van der Waals surface area contributed by atoms with Gasteiger partial charge < -0.3 is 14.8 Å². The number of benzene rings is 1. The molecule has 194 valence electrons. The third kappa shape index (κ3) is 5.78. The lowest BCUT2D eigenvalue weighted by Gasteiger charge is -2.36. The topological polar surface area (TPSA) is 64.2 Å². The van der Waals surface area contributed by atoms with Crippen LogP contribution in [0, 0.1) is 0 Å². The highest BCUT2D eigenvalue weighted by Crippen LogP contribution is 2.34. The van der Waals surface area contributed by atoms with Gasteiger partial charge in [0.1, 0.15) is 17.0 Å². The Balaban J connectivity index is 1.30. The fraction of sp³-hybridized carbons (Fsp3) is 0.346. The highest BCUT2D eigenvalue weighted by Gasteiger charge is 2.32. The van der Waals surface area contributed by atoms with Crippen molar-refractivity contribution in [3.63, 3.8) is 0 Å². The maximum atomic E-state index is 12.8. The fourth-order valence-corrected chi connectivity index (χ4v) is 5.10. The number of hydrogen-bond donors (Lipinski definition) is 1. The van der Waals surface area contributed by atoms with Crippen LogP contribution in [0.15, 0.2) is 53.3 Å². The molecule has 0 radical (unpaired) electrons. The van der Waals surface area contributed by atoms with E-state index in [-0.39, 0.29) is 0 Å². The van der Waals surface area contributed by atoms with Gasteiger partial charge in [-0.05, 0) is 47.2 Å². The number of aromatic nitrogens is 4. The molecule has 3 aromatic heterocycles. The number of imidazole rings is 1. The summed E-state index contributed by atoms with van der Waals surface area (Å²) in [4.78, 5) is 23.0. The number of aromatic amines is 1. The number of nitrogens with zero attached hydrogens (tertiary/aromatic N) is 6. The predicted molar refractivity (Wildman–Crippen MR) is 141 cm³/mol. The molecule has 5 rings (SSSR count). The third-order valence-electron chi connectivity index (χ3n) is 6.38. The first-order valence-corrected chi connectivity index (χ1v) is 12.7. The van der Waals surface area contributed by atoms with Crippen LogP contribution < -0.4 is 4.90 Å².